The van der Waals surface area contributed by atoms with Crippen molar-refractivity contribution in [3.63, 3.8) is 0 Å². The van der Waals surface area contributed by atoms with Gasteiger partial charge in [-0.05, 0) is 38.0 Å². The van der Waals surface area contributed by atoms with Gasteiger partial charge < -0.3 is 15.4 Å². The lowest BCUT2D eigenvalue weighted by molar-refractivity contribution is -0.139. The molecule has 2 aromatic heterocycles. The number of hydrogen-bond donors (Lipinski definition) is 1. The number of hydrogen-bond acceptors (Lipinski definition) is 6. The number of rotatable bonds is 4. The minimum absolute atomic E-state index is 0.0226. The number of nitrogen functional groups attached to an aromatic ring is 1. The highest BCUT2D eigenvalue weighted by molar-refractivity contribution is 5.81. The van der Waals surface area contributed by atoms with Crippen molar-refractivity contribution in [1.82, 2.24) is 19.9 Å². The number of piperidine rings is 1. The fourth-order valence-electron chi connectivity index (χ4n) is 2.96. The second-order valence-corrected chi connectivity index (χ2v) is 5.91. The van der Waals surface area contributed by atoms with E-state index in [1.54, 1.807) is 37.6 Å². The first-order valence-electron chi connectivity index (χ1n) is 8.07. The van der Waals surface area contributed by atoms with E-state index < -0.39 is 6.10 Å². The molecule has 0 radical (unpaired) electrons. The molecular formula is C17H21N5O2. The molecule has 3 heterocycles. The number of nitrogens with zero attached hydrogens (tertiary/aromatic N) is 4. The largest absolute Gasteiger partial charge is 0.479 e. The maximum absolute atomic E-state index is 12.7. The molecular weight excluding hydrogens is 306 g/mol. The van der Waals surface area contributed by atoms with Crippen LogP contribution in [0.4, 0.5) is 5.95 Å². The van der Waals surface area contributed by atoms with Gasteiger partial charge in [0.05, 0.1) is 11.9 Å². The Bertz CT molecular complexity index is 694. The minimum Gasteiger partial charge on any atom is -0.479 e. The third-order valence-corrected chi connectivity index (χ3v) is 4.14. The van der Waals surface area contributed by atoms with Crippen LogP contribution in [0.15, 0.2) is 36.8 Å². The van der Waals surface area contributed by atoms with Crippen molar-refractivity contribution in [1.29, 1.82) is 0 Å². The highest BCUT2D eigenvalue weighted by Gasteiger charge is 2.29. The summed E-state index contributed by atoms with van der Waals surface area (Å²) in [4.78, 5) is 26.7. The van der Waals surface area contributed by atoms with Gasteiger partial charge in [-0.15, -0.1) is 0 Å². The molecule has 2 N–H and O–H groups in total. The smallest absolute Gasteiger partial charge is 0.263 e. The molecule has 24 heavy (non-hydrogen) atoms. The second-order valence-electron chi connectivity index (χ2n) is 5.91. The first-order chi connectivity index (χ1) is 11.6. The fourth-order valence-corrected chi connectivity index (χ4v) is 2.96. The van der Waals surface area contributed by atoms with Crippen LogP contribution in [0.3, 0.4) is 0 Å². The highest BCUT2D eigenvalue weighted by atomic mass is 16.5. The lowest BCUT2D eigenvalue weighted by atomic mass is 9.94. The van der Waals surface area contributed by atoms with Gasteiger partial charge in [-0.1, -0.05) is 0 Å². The van der Waals surface area contributed by atoms with Gasteiger partial charge in [0, 0.05) is 31.4 Å². The minimum atomic E-state index is -0.552. The van der Waals surface area contributed by atoms with E-state index >= 15 is 0 Å². The molecule has 1 fully saturated rings. The summed E-state index contributed by atoms with van der Waals surface area (Å²) in [5, 5.41) is 0. The van der Waals surface area contributed by atoms with Crippen molar-refractivity contribution in [2.45, 2.75) is 31.8 Å². The summed E-state index contributed by atoms with van der Waals surface area (Å²) < 4.78 is 5.69. The third kappa shape index (κ3) is 3.79. The van der Waals surface area contributed by atoms with Crippen molar-refractivity contribution in [2.75, 3.05) is 18.8 Å². The van der Waals surface area contributed by atoms with Gasteiger partial charge in [0.2, 0.25) is 5.95 Å². The number of aromatic nitrogens is 3. The number of ether oxygens (including phenoxy) is 1. The molecule has 2 unspecified atom stereocenters. The first kappa shape index (κ1) is 16.2. The van der Waals surface area contributed by atoms with E-state index in [9.17, 15) is 4.79 Å². The topological polar surface area (TPSA) is 94.2 Å². The molecule has 0 spiro atoms. The highest BCUT2D eigenvalue weighted by Crippen LogP contribution is 2.26. The number of carbonyl (C=O) groups is 1. The number of anilines is 1. The van der Waals surface area contributed by atoms with Crippen LogP contribution in [0.2, 0.25) is 0 Å². The Labute approximate surface area is 140 Å². The lowest BCUT2D eigenvalue weighted by Crippen LogP contribution is -2.45. The van der Waals surface area contributed by atoms with Crippen molar-refractivity contribution >= 4 is 11.9 Å². The maximum atomic E-state index is 12.7. The molecule has 2 atom stereocenters. The summed E-state index contributed by atoms with van der Waals surface area (Å²) in [5.41, 5.74) is 6.55. The standard InChI is InChI=1S/C17H21N5O2/c1-12(24-14-5-2-7-19-10-14)16(23)22-9-3-4-13(11-22)15-6-8-20-17(18)21-15/h2,5-8,10,12-13H,3-4,9,11H2,1H3,(H2,18,20,21). The fraction of sp³-hybridized carbons (Fsp3) is 0.412. The van der Waals surface area contributed by atoms with Gasteiger partial charge in [-0.2, -0.15) is 0 Å². The zero-order valence-corrected chi connectivity index (χ0v) is 13.6. The summed E-state index contributed by atoms with van der Waals surface area (Å²) >= 11 is 0. The zero-order chi connectivity index (χ0) is 16.9. The Hall–Kier alpha value is -2.70. The molecule has 2 aromatic rings. The monoisotopic (exact) mass is 327 g/mol. The molecule has 1 saturated heterocycles. The predicted octanol–water partition coefficient (Wildman–Crippen LogP) is 1.63. The Morgan fingerprint density at radius 3 is 3.04 bits per heavy atom. The zero-order valence-electron chi connectivity index (χ0n) is 13.6. The van der Waals surface area contributed by atoms with E-state index in [1.165, 1.54) is 0 Å². The maximum Gasteiger partial charge on any atom is 0.263 e. The third-order valence-electron chi connectivity index (χ3n) is 4.14. The van der Waals surface area contributed by atoms with Crippen LogP contribution in [0.25, 0.3) is 0 Å². The van der Waals surface area contributed by atoms with Gasteiger partial charge >= 0.3 is 0 Å². The van der Waals surface area contributed by atoms with Gasteiger partial charge in [0.25, 0.3) is 5.91 Å². The van der Waals surface area contributed by atoms with E-state index in [2.05, 4.69) is 15.0 Å². The van der Waals surface area contributed by atoms with Crippen LogP contribution in [0, 0.1) is 0 Å². The van der Waals surface area contributed by atoms with E-state index in [0.717, 1.165) is 25.1 Å². The van der Waals surface area contributed by atoms with Crippen molar-refractivity contribution in [2.24, 2.45) is 0 Å². The molecule has 0 aromatic carbocycles. The summed E-state index contributed by atoms with van der Waals surface area (Å²) in [6, 6.07) is 5.44. The van der Waals surface area contributed by atoms with Gasteiger partial charge in [0.15, 0.2) is 6.10 Å². The molecule has 126 valence electrons. The Kier molecular flexibility index (Phi) is 4.88. The van der Waals surface area contributed by atoms with Crippen LogP contribution >= 0.6 is 0 Å². The predicted molar refractivity (Wildman–Crippen MR) is 89.3 cm³/mol. The van der Waals surface area contributed by atoms with Gasteiger partial charge in [-0.25, -0.2) is 9.97 Å². The average molecular weight is 327 g/mol. The second kappa shape index (κ2) is 7.25. The Balaban J connectivity index is 1.64. The average Bonchev–Trinajstić information content (AvgIpc) is 2.62. The quantitative estimate of drug-likeness (QED) is 0.917. The molecule has 0 bridgehead atoms. The van der Waals surface area contributed by atoms with Crippen LogP contribution in [0.5, 0.6) is 5.75 Å². The molecule has 0 saturated carbocycles. The summed E-state index contributed by atoms with van der Waals surface area (Å²) in [6.07, 6.45) is 6.29. The van der Waals surface area contributed by atoms with Crippen LogP contribution in [-0.2, 0) is 4.79 Å². The van der Waals surface area contributed by atoms with Crippen molar-refractivity contribution < 1.29 is 9.53 Å². The van der Waals surface area contributed by atoms with Crippen LogP contribution in [-0.4, -0.2) is 45.0 Å². The number of pyridine rings is 1. The van der Waals surface area contributed by atoms with Gasteiger partial charge in [-0.3, -0.25) is 9.78 Å². The SMILES string of the molecule is CC(Oc1cccnc1)C(=O)N1CCCC(c2ccnc(N)n2)C1. The number of nitrogens with two attached hydrogens (primary N) is 1. The number of amides is 1. The van der Waals surface area contributed by atoms with Crippen LogP contribution < -0.4 is 10.5 Å². The molecule has 0 aliphatic carbocycles. The normalized spacial score (nSPS) is 18.9. The Morgan fingerprint density at radius 2 is 2.29 bits per heavy atom. The van der Waals surface area contributed by atoms with Crippen molar-refractivity contribution in [3.05, 3.63) is 42.5 Å². The summed E-state index contributed by atoms with van der Waals surface area (Å²) in [5.74, 6) is 1.02. The molecule has 3 rings (SSSR count). The van der Waals surface area contributed by atoms with E-state index in [0.29, 0.717) is 12.3 Å². The van der Waals surface area contributed by atoms with E-state index in [-0.39, 0.29) is 17.8 Å². The van der Waals surface area contributed by atoms with Gasteiger partial charge in [0.1, 0.15) is 5.75 Å². The Morgan fingerprint density at radius 1 is 1.42 bits per heavy atom. The van der Waals surface area contributed by atoms with Crippen LogP contribution in [0.1, 0.15) is 31.4 Å². The molecule has 1 aliphatic rings. The van der Waals surface area contributed by atoms with E-state index in [4.69, 9.17) is 10.5 Å². The molecule has 7 heteroatoms. The van der Waals surface area contributed by atoms with E-state index in [1.807, 2.05) is 11.0 Å². The summed E-state index contributed by atoms with van der Waals surface area (Å²) in [7, 11) is 0. The van der Waals surface area contributed by atoms with Crippen molar-refractivity contribution in [3.8, 4) is 5.75 Å². The molecule has 7 nitrogen and oxygen atoms in total. The summed E-state index contributed by atoms with van der Waals surface area (Å²) in [6.45, 7) is 3.12. The lowest BCUT2D eigenvalue weighted by Gasteiger charge is -2.34. The first-order valence-corrected chi connectivity index (χ1v) is 8.07. The number of likely N-dealkylation sites (tertiary alicyclic amines) is 1. The molecule has 1 aliphatic heterocycles. The molecule has 1 amide bonds. The number of carbonyl (C=O) groups excluding carboxylic acids is 1.